The summed E-state index contributed by atoms with van der Waals surface area (Å²) in [5.41, 5.74) is 4.75. The standard InChI is InChI=1S/C14H26N2O3/c1-2-11(9-15)12(17)16-10-14(13(18)19)7-5-3-4-6-8-14/h11H,2-10,15H2,1H3,(H,16,17)(H,18,19). The predicted molar refractivity (Wildman–Crippen MR) is 73.6 cm³/mol. The molecule has 0 radical (unpaired) electrons. The Balaban J connectivity index is 2.63. The molecule has 0 aromatic carbocycles. The van der Waals surface area contributed by atoms with Crippen LogP contribution in [0.3, 0.4) is 0 Å². The third kappa shape index (κ3) is 4.20. The van der Waals surface area contributed by atoms with Crippen molar-refractivity contribution < 1.29 is 14.7 Å². The first-order chi connectivity index (χ1) is 9.05. The molecule has 4 N–H and O–H groups in total. The minimum Gasteiger partial charge on any atom is -0.481 e. The molecule has 19 heavy (non-hydrogen) atoms. The van der Waals surface area contributed by atoms with Crippen molar-refractivity contribution >= 4 is 11.9 Å². The van der Waals surface area contributed by atoms with Crippen molar-refractivity contribution in [3.63, 3.8) is 0 Å². The Morgan fingerprint density at radius 3 is 2.26 bits per heavy atom. The molecule has 0 spiro atoms. The van der Waals surface area contributed by atoms with Gasteiger partial charge in [-0.2, -0.15) is 0 Å². The van der Waals surface area contributed by atoms with Crippen molar-refractivity contribution in [2.45, 2.75) is 51.9 Å². The van der Waals surface area contributed by atoms with E-state index in [1.165, 1.54) is 0 Å². The molecule has 0 bridgehead atoms. The molecule has 5 nitrogen and oxygen atoms in total. The van der Waals surface area contributed by atoms with E-state index in [9.17, 15) is 14.7 Å². The number of carbonyl (C=O) groups is 2. The fraction of sp³-hybridized carbons (Fsp3) is 0.857. The van der Waals surface area contributed by atoms with Crippen LogP contribution >= 0.6 is 0 Å². The normalized spacial score (nSPS) is 20.3. The van der Waals surface area contributed by atoms with Crippen molar-refractivity contribution in [2.75, 3.05) is 13.1 Å². The van der Waals surface area contributed by atoms with Gasteiger partial charge in [0.05, 0.1) is 5.41 Å². The molecule has 0 aliphatic heterocycles. The van der Waals surface area contributed by atoms with E-state index in [4.69, 9.17) is 5.73 Å². The zero-order chi connectivity index (χ0) is 14.3. The van der Waals surface area contributed by atoms with Crippen LogP contribution in [0.15, 0.2) is 0 Å². The highest BCUT2D eigenvalue weighted by Crippen LogP contribution is 2.34. The number of carboxylic acids is 1. The van der Waals surface area contributed by atoms with Crippen LogP contribution in [0.1, 0.15) is 51.9 Å². The fourth-order valence-electron chi connectivity index (χ4n) is 2.73. The molecule has 1 unspecified atom stereocenters. The Morgan fingerprint density at radius 2 is 1.84 bits per heavy atom. The largest absolute Gasteiger partial charge is 0.481 e. The number of amides is 1. The van der Waals surface area contributed by atoms with Crippen LogP contribution in [-0.4, -0.2) is 30.1 Å². The van der Waals surface area contributed by atoms with Gasteiger partial charge in [-0.05, 0) is 19.3 Å². The average Bonchev–Trinajstić information content (AvgIpc) is 2.64. The lowest BCUT2D eigenvalue weighted by Gasteiger charge is -2.29. The van der Waals surface area contributed by atoms with Crippen molar-refractivity contribution in [1.82, 2.24) is 5.32 Å². The number of nitrogens with two attached hydrogens (primary N) is 1. The molecule has 1 atom stereocenters. The van der Waals surface area contributed by atoms with Gasteiger partial charge in [0, 0.05) is 19.0 Å². The molecule has 1 rings (SSSR count). The summed E-state index contributed by atoms with van der Waals surface area (Å²) >= 11 is 0. The number of carbonyl (C=O) groups excluding carboxylic acids is 1. The molecule has 1 aliphatic carbocycles. The Kier molecular flexibility index (Phi) is 6.28. The second kappa shape index (κ2) is 7.48. The Labute approximate surface area is 114 Å². The number of nitrogens with one attached hydrogen (secondary N) is 1. The van der Waals surface area contributed by atoms with Crippen LogP contribution < -0.4 is 11.1 Å². The van der Waals surface area contributed by atoms with Crippen molar-refractivity contribution in [3.8, 4) is 0 Å². The molecular formula is C14H26N2O3. The molecule has 1 amide bonds. The van der Waals surface area contributed by atoms with Crippen molar-refractivity contribution in [3.05, 3.63) is 0 Å². The summed E-state index contributed by atoms with van der Waals surface area (Å²) in [6.07, 6.45) is 6.02. The van der Waals surface area contributed by atoms with E-state index in [0.717, 1.165) is 25.7 Å². The van der Waals surface area contributed by atoms with E-state index >= 15 is 0 Å². The molecular weight excluding hydrogens is 244 g/mol. The van der Waals surface area contributed by atoms with Crippen LogP contribution in [0.5, 0.6) is 0 Å². The summed E-state index contributed by atoms with van der Waals surface area (Å²) in [7, 11) is 0. The number of aliphatic carboxylic acids is 1. The molecule has 0 aromatic rings. The van der Waals surface area contributed by atoms with Gasteiger partial charge in [-0.1, -0.05) is 32.6 Å². The Hall–Kier alpha value is -1.10. The zero-order valence-electron chi connectivity index (χ0n) is 11.8. The van der Waals surface area contributed by atoms with Crippen LogP contribution in [0.25, 0.3) is 0 Å². The summed E-state index contributed by atoms with van der Waals surface area (Å²) in [5, 5.41) is 12.3. The summed E-state index contributed by atoms with van der Waals surface area (Å²) in [4.78, 5) is 23.5. The first-order valence-electron chi connectivity index (χ1n) is 7.27. The van der Waals surface area contributed by atoms with Crippen LogP contribution in [-0.2, 0) is 9.59 Å². The molecule has 110 valence electrons. The number of hydrogen-bond acceptors (Lipinski definition) is 3. The minimum atomic E-state index is -0.782. The summed E-state index contributed by atoms with van der Waals surface area (Å²) in [6.45, 7) is 2.45. The summed E-state index contributed by atoms with van der Waals surface area (Å²) < 4.78 is 0. The lowest BCUT2D eigenvalue weighted by molar-refractivity contribution is -0.150. The van der Waals surface area contributed by atoms with Crippen LogP contribution in [0, 0.1) is 11.3 Å². The molecule has 5 heteroatoms. The fourth-order valence-corrected chi connectivity index (χ4v) is 2.73. The van der Waals surface area contributed by atoms with Gasteiger partial charge in [-0.15, -0.1) is 0 Å². The first kappa shape index (κ1) is 16.0. The van der Waals surface area contributed by atoms with Crippen molar-refractivity contribution in [2.24, 2.45) is 17.1 Å². The molecule has 0 aromatic heterocycles. The maximum atomic E-state index is 11.9. The van der Waals surface area contributed by atoms with E-state index in [1.807, 2.05) is 6.92 Å². The van der Waals surface area contributed by atoms with Gasteiger partial charge < -0.3 is 16.2 Å². The average molecular weight is 270 g/mol. The quantitative estimate of drug-likeness (QED) is 0.638. The van der Waals surface area contributed by atoms with Gasteiger partial charge in [0.15, 0.2) is 0 Å². The Morgan fingerprint density at radius 1 is 1.26 bits per heavy atom. The minimum absolute atomic E-state index is 0.116. The van der Waals surface area contributed by atoms with Gasteiger partial charge >= 0.3 is 5.97 Å². The molecule has 0 saturated heterocycles. The van der Waals surface area contributed by atoms with Gasteiger partial charge in [0.2, 0.25) is 5.91 Å². The van der Waals surface area contributed by atoms with E-state index in [2.05, 4.69) is 5.32 Å². The van der Waals surface area contributed by atoms with Gasteiger partial charge in [0.25, 0.3) is 0 Å². The summed E-state index contributed by atoms with van der Waals surface area (Å²) in [5.74, 6) is -1.11. The van der Waals surface area contributed by atoms with Crippen LogP contribution in [0.4, 0.5) is 0 Å². The second-order valence-electron chi connectivity index (χ2n) is 5.56. The lowest BCUT2D eigenvalue weighted by atomic mass is 9.80. The zero-order valence-corrected chi connectivity index (χ0v) is 11.8. The van der Waals surface area contributed by atoms with Crippen LogP contribution in [0.2, 0.25) is 0 Å². The van der Waals surface area contributed by atoms with Gasteiger partial charge in [-0.25, -0.2) is 0 Å². The SMILES string of the molecule is CCC(CN)C(=O)NCC1(C(=O)O)CCCCCC1. The van der Waals surface area contributed by atoms with E-state index < -0.39 is 11.4 Å². The second-order valence-corrected chi connectivity index (χ2v) is 5.56. The monoisotopic (exact) mass is 270 g/mol. The number of carboxylic acid groups (broad SMARTS) is 1. The topological polar surface area (TPSA) is 92.4 Å². The third-order valence-electron chi connectivity index (χ3n) is 4.26. The van der Waals surface area contributed by atoms with Crippen molar-refractivity contribution in [1.29, 1.82) is 0 Å². The third-order valence-corrected chi connectivity index (χ3v) is 4.26. The molecule has 1 fully saturated rings. The maximum absolute atomic E-state index is 11.9. The smallest absolute Gasteiger partial charge is 0.311 e. The molecule has 1 aliphatic rings. The predicted octanol–water partition coefficient (Wildman–Crippen LogP) is 1.51. The number of rotatable bonds is 6. The van der Waals surface area contributed by atoms with Gasteiger partial charge in [-0.3, -0.25) is 9.59 Å². The number of hydrogen-bond donors (Lipinski definition) is 3. The highest BCUT2D eigenvalue weighted by molar-refractivity contribution is 5.80. The maximum Gasteiger partial charge on any atom is 0.311 e. The molecule has 1 saturated carbocycles. The highest BCUT2D eigenvalue weighted by atomic mass is 16.4. The molecule has 0 heterocycles. The van der Waals surface area contributed by atoms with E-state index in [0.29, 0.717) is 25.8 Å². The van der Waals surface area contributed by atoms with Gasteiger partial charge in [0.1, 0.15) is 0 Å². The first-order valence-corrected chi connectivity index (χ1v) is 7.27. The van der Waals surface area contributed by atoms with E-state index in [1.54, 1.807) is 0 Å². The highest BCUT2D eigenvalue weighted by Gasteiger charge is 2.39. The summed E-state index contributed by atoms with van der Waals surface area (Å²) in [6, 6.07) is 0. The van der Waals surface area contributed by atoms with E-state index in [-0.39, 0.29) is 18.4 Å². The Bertz CT molecular complexity index is 306. The lowest BCUT2D eigenvalue weighted by Crippen LogP contribution is -2.45.